The molecule has 2 aromatic rings. The molecule has 0 fully saturated rings. The third-order valence-electron chi connectivity index (χ3n) is 2.38. The van der Waals surface area contributed by atoms with Gasteiger partial charge in [0.1, 0.15) is 0 Å². The number of hydrogen-bond acceptors (Lipinski definition) is 5. The Hall–Kier alpha value is -1.70. The molecule has 0 unspecified atom stereocenters. The van der Waals surface area contributed by atoms with Crippen LogP contribution < -0.4 is 16.6 Å². The molecule has 7 heteroatoms. The number of nitrogen functional groups attached to an aromatic ring is 2. The first kappa shape index (κ1) is 13.7. The Morgan fingerprint density at radius 2 is 1.47 bits per heavy atom. The van der Waals surface area contributed by atoms with Crippen LogP contribution in [-0.4, -0.2) is 8.42 Å². The first-order valence-corrected chi connectivity index (χ1v) is 7.68. The number of primary sulfonamides is 1. The van der Waals surface area contributed by atoms with Crippen LogP contribution in [0.15, 0.2) is 57.2 Å². The zero-order valence-electron chi connectivity index (χ0n) is 9.91. The van der Waals surface area contributed by atoms with Crippen molar-refractivity contribution in [1.29, 1.82) is 0 Å². The lowest BCUT2D eigenvalue weighted by atomic mass is 10.3. The highest BCUT2D eigenvalue weighted by atomic mass is 32.2. The number of hydrogen-bond donors (Lipinski definition) is 3. The summed E-state index contributed by atoms with van der Waals surface area (Å²) in [6, 6.07) is 11.7. The summed E-state index contributed by atoms with van der Waals surface area (Å²) in [5, 5.41) is 5.19. The molecule has 0 saturated heterocycles. The van der Waals surface area contributed by atoms with Crippen LogP contribution >= 0.6 is 11.8 Å². The monoisotopic (exact) mass is 295 g/mol. The van der Waals surface area contributed by atoms with Crippen LogP contribution in [0, 0.1) is 0 Å². The fourth-order valence-corrected chi connectivity index (χ4v) is 3.44. The van der Waals surface area contributed by atoms with E-state index in [0.717, 1.165) is 4.90 Å². The van der Waals surface area contributed by atoms with E-state index < -0.39 is 10.0 Å². The molecule has 0 bridgehead atoms. The Morgan fingerprint density at radius 1 is 0.895 bits per heavy atom. The number of benzene rings is 2. The van der Waals surface area contributed by atoms with Gasteiger partial charge in [0.15, 0.2) is 0 Å². The number of anilines is 2. The summed E-state index contributed by atoms with van der Waals surface area (Å²) in [5.74, 6) is 0. The van der Waals surface area contributed by atoms with Gasteiger partial charge < -0.3 is 11.5 Å². The molecule has 100 valence electrons. The summed E-state index contributed by atoms with van der Waals surface area (Å²) < 4.78 is 23.1. The van der Waals surface area contributed by atoms with E-state index >= 15 is 0 Å². The van der Waals surface area contributed by atoms with Crippen LogP contribution in [0.2, 0.25) is 0 Å². The predicted molar refractivity (Wildman–Crippen MR) is 77.2 cm³/mol. The van der Waals surface area contributed by atoms with Gasteiger partial charge in [-0.15, -0.1) is 0 Å². The van der Waals surface area contributed by atoms with E-state index in [1.165, 1.54) is 17.8 Å². The van der Waals surface area contributed by atoms with Crippen molar-refractivity contribution in [3.63, 3.8) is 0 Å². The van der Waals surface area contributed by atoms with Crippen molar-refractivity contribution >= 4 is 33.2 Å². The molecule has 2 rings (SSSR count). The summed E-state index contributed by atoms with van der Waals surface area (Å²) in [6.45, 7) is 0. The fraction of sp³-hybridized carbons (Fsp3) is 0. The zero-order valence-corrected chi connectivity index (χ0v) is 11.5. The minimum Gasteiger partial charge on any atom is -0.399 e. The highest BCUT2D eigenvalue weighted by molar-refractivity contribution is 8.00. The molecule has 0 atom stereocenters. The SMILES string of the molecule is Nc1ccc(Sc2ccc(N)cc2S(N)(=O)=O)cc1. The third kappa shape index (κ3) is 3.40. The molecule has 0 spiro atoms. The second-order valence-corrected chi connectivity index (χ2v) is 6.57. The van der Waals surface area contributed by atoms with E-state index in [1.54, 1.807) is 24.3 Å². The molecule has 0 aliphatic carbocycles. The van der Waals surface area contributed by atoms with Crippen molar-refractivity contribution in [2.45, 2.75) is 14.7 Å². The molecular weight excluding hydrogens is 282 g/mol. The van der Waals surface area contributed by atoms with Gasteiger partial charge in [-0.2, -0.15) is 0 Å². The number of sulfonamides is 1. The van der Waals surface area contributed by atoms with Gasteiger partial charge in [-0.3, -0.25) is 0 Å². The molecule has 6 N–H and O–H groups in total. The summed E-state index contributed by atoms with van der Waals surface area (Å²) >= 11 is 1.29. The molecule has 0 aliphatic heterocycles. The molecule has 0 saturated carbocycles. The first-order chi connectivity index (χ1) is 8.86. The maximum Gasteiger partial charge on any atom is 0.239 e. The predicted octanol–water partition coefficient (Wildman–Crippen LogP) is 1.65. The third-order valence-corrected chi connectivity index (χ3v) is 4.55. The number of rotatable bonds is 3. The van der Waals surface area contributed by atoms with E-state index in [-0.39, 0.29) is 4.90 Å². The van der Waals surface area contributed by atoms with Crippen LogP contribution in [0.5, 0.6) is 0 Å². The van der Waals surface area contributed by atoms with Crippen LogP contribution in [-0.2, 0) is 10.0 Å². The lowest BCUT2D eigenvalue weighted by Crippen LogP contribution is -2.13. The maximum absolute atomic E-state index is 11.5. The fourth-order valence-electron chi connectivity index (χ4n) is 1.49. The van der Waals surface area contributed by atoms with Crippen molar-refractivity contribution in [2.75, 3.05) is 11.5 Å². The van der Waals surface area contributed by atoms with Crippen molar-refractivity contribution < 1.29 is 8.42 Å². The Kier molecular flexibility index (Phi) is 3.70. The lowest BCUT2D eigenvalue weighted by Gasteiger charge is -2.08. The quantitative estimate of drug-likeness (QED) is 0.745. The van der Waals surface area contributed by atoms with Crippen LogP contribution in [0.1, 0.15) is 0 Å². The summed E-state index contributed by atoms with van der Waals surface area (Å²) in [5.41, 5.74) is 12.2. The van der Waals surface area contributed by atoms with E-state index in [2.05, 4.69) is 0 Å². The average molecular weight is 295 g/mol. The second-order valence-electron chi connectivity index (χ2n) is 3.92. The van der Waals surface area contributed by atoms with Crippen LogP contribution in [0.3, 0.4) is 0 Å². The Labute approximate surface area is 115 Å². The lowest BCUT2D eigenvalue weighted by molar-refractivity contribution is 0.596. The Bertz CT molecular complexity index is 697. The van der Waals surface area contributed by atoms with Crippen LogP contribution in [0.25, 0.3) is 0 Å². The van der Waals surface area contributed by atoms with Crippen molar-refractivity contribution in [3.8, 4) is 0 Å². The van der Waals surface area contributed by atoms with Crippen LogP contribution in [0.4, 0.5) is 11.4 Å². The second kappa shape index (κ2) is 5.12. The average Bonchev–Trinajstić information content (AvgIpc) is 2.33. The van der Waals surface area contributed by atoms with Crippen molar-refractivity contribution in [2.24, 2.45) is 5.14 Å². The van der Waals surface area contributed by atoms with Crippen molar-refractivity contribution in [3.05, 3.63) is 42.5 Å². The molecule has 0 heterocycles. The first-order valence-electron chi connectivity index (χ1n) is 5.32. The van der Waals surface area contributed by atoms with E-state index in [4.69, 9.17) is 16.6 Å². The highest BCUT2D eigenvalue weighted by Crippen LogP contribution is 2.33. The van der Waals surface area contributed by atoms with Gasteiger partial charge in [0.2, 0.25) is 10.0 Å². The Morgan fingerprint density at radius 3 is 2.05 bits per heavy atom. The smallest absolute Gasteiger partial charge is 0.239 e. The summed E-state index contributed by atoms with van der Waals surface area (Å²) in [7, 11) is -3.81. The molecular formula is C12H13N3O2S2. The Balaban J connectivity index is 2.43. The molecule has 2 aromatic carbocycles. The van der Waals surface area contributed by atoms with Gasteiger partial charge in [-0.05, 0) is 42.5 Å². The standard InChI is InChI=1S/C12H13N3O2S2/c13-8-1-4-10(5-2-8)18-11-6-3-9(14)7-12(11)19(15,16)17/h1-7H,13-14H2,(H2,15,16,17). The van der Waals surface area contributed by atoms with E-state index in [1.807, 2.05) is 12.1 Å². The molecule has 0 aromatic heterocycles. The molecule has 0 aliphatic rings. The van der Waals surface area contributed by atoms with Gasteiger partial charge in [0.05, 0.1) is 4.90 Å². The minimum absolute atomic E-state index is 0.0225. The van der Waals surface area contributed by atoms with E-state index in [0.29, 0.717) is 16.3 Å². The molecule has 0 radical (unpaired) electrons. The molecule has 19 heavy (non-hydrogen) atoms. The van der Waals surface area contributed by atoms with Gasteiger partial charge in [-0.25, -0.2) is 13.6 Å². The largest absolute Gasteiger partial charge is 0.399 e. The summed E-state index contributed by atoms with van der Waals surface area (Å²) in [6.07, 6.45) is 0. The zero-order chi connectivity index (χ0) is 14.0. The van der Waals surface area contributed by atoms with Crippen molar-refractivity contribution in [1.82, 2.24) is 0 Å². The van der Waals surface area contributed by atoms with Gasteiger partial charge in [0, 0.05) is 21.2 Å². The van der Waals surface area contributed by atoms with Gasteiger partial charge in [0.25, 0.3) is 0 Å². The van der Waals surface area contributed by atoms with Gasteiger partial charge in [-0.1, -0.05) is 11.8 Å². The maximum atomic E-state index is 11.5. The molecule has 0 amide bonds. The van der Waals surface area contributed by atoms with Gasteiger partial charge >= 0.3 is 0 Å². The number of nitrogens with two attached hydrogens (primary N) is 3. The molecule has 5 nitrogen and oxygen atoms in total. The van der Waals surface area contributed by atoms with E-state index in [9.17, 15) is 8.42 Å². The minimum atomic E-state index is -3.81. The highest BCUT2D eigenvalue weighted by Gasteiger charge is 2.15. The summed E-state index contributed by atoms with van der Waals surface area (Å²) in [4.78, 5) is 1.42. The normalized spacial score (nSPS) is 11.4. The topological polar surface area (TPSA) is 112 Å².